The number of anilines is 11. The number of para-hydroxylation sites is 2. The molecule has 5 amide bonds. The molecule has 7 aliphatic rings. The fourth-order valence-corrected chi connectivity index (χ4v) is 26.8. The Kier molecular flexibility index (Phi) is 32.8. The molecule has 0 bridgehead atoms. The number of nitrogens with zero attached hydrogens (tertiary/aromatic N) is 17. The van der Waals surface area contributed by atoms with E-state index in [1.54, 1.807) is 85.6 Å². The second-order valence-corrected chi connectivity index (χ2v) is 47.4. The maximum Gasteiger partial charge on any atom is 0.452 e. The molecule has 1 unspecified atom stereocenters. The standard InChI is InChI=1S/C26H28ClN5O4S2.C25H26ClF3N6O3S2.C25H27N5O3S2.C23H24ClN5O3S2.8H2/c1-17-14-23-19(15-22(17)27)4-3-10-31(23)18(2)25(34)30-11-12-32(24(33)16-30)20-5-7-21(8-6-20)38(35,36)29-26-28-9-13-37-26;1-16(35-10-2-3-17-15-18(26)4-9-21(17)35)22(36)34-13-11-33(12-14-34)19-5-7-20(8-6-19)40(37,38)32-24-30-23(31-39-24)25(27,28)29;1-18-17-28(21-7-9-22(10-8-21)35(32,33)27-25-26-12-16-34-25)14-15-29(18)24(31)19(2)30-13-11-20-5-3-4-6-23(20)30;24-19-3-1-2-4-20(19)27-12-14-28(15-13-27)21-9-11-29(22(21)30)17-5-7-18(8-6-17)34(31,32)26-23-25-10-16-33-23;;;;;;;;/h5-9,13-15,18H,3-4,10-12,16H2,1-2H3,(H,28,29);4-9,15-16H,2-3,10-14H2,1H3,(H,30,31,32);3-13,16,18-19H,14-15,17H2,1-2H3,(H,26,27);1-8,10,16,21H,9,11-15H2,(H,25,26);8*1H/t18-;16-;18-,19?;21-;;;;;;;;/m1100......../s1. The van der Waals surface area contributed by atoms with Gasteiger partial charge in [-0.25, -0.2) is 48.6 Å². The molecular weight excluding hydrogens is 2110 g/mol. The molecule has 7 aliphatic heterocycles. The van der Waals surface area contributed by atoms with E-state index in [4.69, 9.17) is 34.8 Å². The highest BCUT2D eigenvalue weighted by Gasteiger charge is 2.42. The lowest BCUT2D eigenvalue weighted by molar-refractivity contribution is -0.144. The van der Waals surface area contributed by atoms with Crippen molar-refractivity contribution in [3.63, 3.8) is 0 Å². The first-order valence-corrected chi connectivity index (χ1v) is 57.8. The van der Waals surface area contributed by atoms with Gasteiger partial charge < -0.3 is 53.6 Å². The fourth-order valence-electron chi connectivity index (χ4n) is 19.0. The summed E-state index contributed by atoms with van der Waals surface area (Å²) in [6.07, 6.45) is 6.32. The highest BCUT2D eigenvalue weighted by molar-refractivity contribution is 7.94. The summed E-state index contributed by atoms with van der Waals surface area (Å²) in [6, 6.07) is 52.0. The number of hydrogen-bond acceptors (Lipinski definition) is 28. The van der Waals surface area contributed by atoms with Crippen molar-refractivity contribution >= 4 is 221 Å². The van der Waals surface area contributed by atoms with Gasteiger partial charge in [-0.2, -0.15) is 22.5 Å². The van der Waals surface area contributed by atoms with Gasteiger partial charge in [0.2, 0.25) is 40.5 Å². The number of thiazole rings is 3. The lowest BCUT2D eigenvalue weighted by atomic mass is 9.98. The van der Waals surface area contributed by atoms with E-state index in [2.05, 4.69) is 80.9 Å². The molecule has 4 N–H and O–H groups in total. The molecule has 48 heteroatoms. The second kappa shape index (κ2) is 45.4. The molecule has 5 fully saturated rings. The zero-order chi connectivity index (χ0) is 104. The van der Waals surface area contributed by atoms with E-state index in [0.29, 0.717) is 104 Å². The summed E-state index contributed by atoms with van der Waals surface area (Å²) in [5, 5.41) is 8.85. The second-order valence-electron chi connectivity index (χ2n) is 35.9. The van der Waals surface area contributed by atoms with Crippen LogP contribution in [0.3, 0.4) is 0 Å². The topological polar surface area (TPSA) is 375 Å². The molecule has 5 saturated heterocycles. The number of halogens is 6. The summed E-state index contributed by atoms with van der Waals surface area (Å²) in [5.74, 6) is -1.48. The van der Waals surface area contributed by atoms with Crippen LogP contribution in [0.1, 0.15) is 86.9 Å². The maximum absolute atomic E-state index is 13.4. The number of alkyl halides is 3. The molecule has 0 spiro atoms. The molecule has 20 rings (SSSR count). The van der Waals surface area contributed by atoms with Gasteiger partial charge >= 0.3 is 6.18 Å². The third-order valence-corrected chi connectivity index (χ3v) is 36.3. The van der Waals surface area contributed by atoms with Gasteiger partial charge in [-0.15, -0.1) is 34.0 Å². The van der Waals surface area contributed by atoms with Crippen LogP contribution >= 0.6 is 80.3 Å². The van der Waals surface area contributed by atoms with E-state index in [1.165, 1.54) is 82.8 Å². The minimum atomic E-state index is -4.76. The van der Waals surface area contributed by atoms with Crippen LogP contribution in [-0.2, 0) is 83.1 Å². The van der Waals surface area contributed by atoms with Crippen LogP contribution in [0, 0.1) is 6.92 Å². The SMILES string of the molecule is CC(C(=O)N1CCN(c2ccc(S(=O)(=O)Nc3nccs3)cc2)C[C@@H]1C)n1ccc2ccccc21.C[C@H](C(=O)N1CCN(c2ccc(S(=O)(=O)Nc3nc(C(F)(F)F)ns3)cc2)CC1)N1CCCc2cc(Cl)ccc21.Cc1cc2c(cc1Cl)CCCN2[C@H](C)C(=O)N1CCN(c2ccc(S(=O)(=O)Nc3nccs3)cc2)C(=O)C1.O=C1[C@@H](N2CCN(c3ccccc3Cl)CC2)CCN1c1ccc(S(=O)(=O)Nc2nccs2)cc1.[HH].[HH].[HH].[HH].[HH].[HH].[HH].[HH]. The third-order valence-electron chi connectivity index (χ3n) is 26.7. The Hall–Kier alpha value is -12.3. The van der Waals surface area contributed by atoms with Crippen molar-refractivity contribution in [2.75, 3.05) is 164 Å². The number of amides is 5. The number of nitrogens with one attached hydrogen (secondary N) is 4. The van der Waals surface area contributed by atoms with Gasteiger partial charge in [0, 0.05) is 224 Å². The van der Waals surface area contributed by atoms with Gasteiger partial charge in [0.1, 0.15) is 24.7 Å². The Morgan fingerprint density at radius 2 is 0.952 bits per heavy atom. The minimum Gasteiger partial charge on any atom is -0.368 e. The molecular formula is C99H121Cl3F3N21O13S8. The van der Waals surface area contributed by atoms with Gasteiger partial charge in [0.05, 0.1) is 36.3 Å². The van der Waals surface area contributed by atoms with Crippen LogP contribution < -0.4 is 53.2 Å². The number of aryl methyl sites for hydroxylation is 3. The number of aromatic nitrogens is 6. The summed E-state index contributed by atoms with van der Waals surface area (Å²) in [5.41, 5.74) is 10.4. The molecule has 0 aliphatic carbocycles. The minimum absolute atomic E-state index is 0. The number of hydrogen-bond donors (Lipinski definition) is 4. The summed E-state index contributed by atoms with van der Waals surface area (Å²) < 4.78 is 154. The number of rotatable bonds is 24. The van der Waals surface area contributed by atoms with Crippen LogP contribution in [0.5, 0.6) is 0 Å². The summed E-state index contributed by atoms with van der Waals surface area (Å²) in [6.45, 7) is 20.0. The van der Waals surface area contributed by atoms with Crippen molar-refractivity contribution < 1.29 is 82.2 Å². The monoisotopic (exact) mass is 2230 g/mol. The summed E-state index contributed by atoms with van der Waals surface area (Å²) in [4.78, 5) is 104. The number of piperazine rings is 4. The van der Waals surface area contributed by atoms with Crippen molar-refractivity contribution in [1.29, 1.82) is 0 Å². The third kappa shape index (κ3) is 24.7. The highest BCUT2D eigenvalue weighted by Crippen LogP contribution is 2.40. The van der Waals surface area contributed by atoms with E-state index in [-0.39, 0.29) is 96.4 Å². The lowest BCUT2D eigenvalue weighted by Crippen LogP contribution is -2.57. The van der Waals surface area contributed by atoms with Crippen LogP contribution in [0.4, 0.5) is 73.5 Å². The highest BCUT2D eigenvalue weighted by atomic mass is 35.5. The molecule has 147 heavy (non-hydrogen) atoms. The Morgan fingerprint density at radius 3 is 1.48 bits per heavy atom. The molecule has 790 valence electrons. The van der Waals surface area contributed by atoms with Crippen molar-refractivity contribution in [1.82, 2.24) is 48.5 Å². The number of carbonyl (C=O) groups excluding carboxylic acids is 5. The van der Waals surface area contributed by atoms with E-state index in [0.717, 1.165) is 137 Å². The first kappa shape index (κ1) is 106. The predicted molar refractivity (Wildman–Crippen MR) is 589 cm³/mol. The van der Waals surface area contributed by atoms with Gasteiger partial charge in [-0.1, -0.05) is 65.1 Å². The quantitative estimate of drug-likeness (QED) is 0.0436. The van der Waals surface area contributed by atoms with Crippen LogP contribution in [0.15, 0.2) is 243 Å². The van der Waals surface area contributed by atoms with Gasteiger partial charge in [0.25, 0.3) is 40.1 Å². The largest absolute Gasteiger partial charge is 0.452 e. The van der Waals surface area contributed by atoms with Crippen LogP contribution in [0.25, 0.3) is 10.9 Å². The van der Waals surface area contributed by atoms with Crippen molar-refractivity contribution in [2.45, 2.75) is 123 Å². The predicted octanol–water partition coefficient (Wildman–Crippen LogP) is 18.1. The Bertz CT molecular complexity index is 7440. The first-order valence-electron chi connectivity index (χ1n) is 47.3. The van der Waals surface area contributed by atoms with Gasteiger partial charge in [-0.3, -0.25) is 47.8 Å². The fraction of sp³-hybridized carbons (Fsp3) is 0.333. The van der Waals surface area contributed by atoms with E-state index < -0.39 is 63.3 Å². The molecule has 34 nitrogen and oxygen atoms in total. The zero-order valence-electron chi connectivity index (χ0n) is 80.2. The van der Waals surface area contributed by atoms with Gasteiger partial charge in [-0.05, 0) is 240 Å². The number of sulfonamides is 4. The van der Waals surface area contributed by atoms with Crippen molar-refractivity contribution in [3.8, 4) is 0 Å². The maximum atomic E-state index is 13.4. The number of carbonyl (C=O) groups is 5. The van der Waals surface area contributed by atoms with Crippen LogP contribution in [-0.4, -0.2) is 247 Å². The smallest absolute Gasteiger partial charge is 0.368 e. The summed E-state index contributed by atoms with van der Waals surface area (Å²) >= 11 is 22.8. The number of fused-ring (bicyclic) bond motifs is 3. The number of benzene rings is 8. The van der Waals surface area contributed by atoms with Crippen LogP contribution in [0.2, 0.25) is 15.1 Å². The zero-order valence-corrected chi connectivity index (χ0v) is 89.0. The molecule has 0 radical (unpaired) electrons. The van der Waals surface area contributed by atoms with E-state index in [1.807, 2.05) is 144 Å². The molecule has 12 heterocycles. The van der Waals surface area contributed by atoms with E-state index >= 15 is 0 Å². The van der Waals surface area contributed by atoms with E-state index in [9.17, 15) is 70.8 Å². The molecule has 5 atom stereocenters. The Morgan fingerprint density at radius 1 is 0.469 bits per heavy atom. The Balaban J connectivity index is 0.000000225. The molecule has 13 aromatic rings. The van der Waals surface area contributed by atoms with Gasteiger partial charge in [0.15, 0.2) is 15.4 Å². The lowest BCUT2D eigenvalue weighted by Gasteiger charge is -2.42. The van der Waals surface area contributed by atoms with Crippen molar-refractivity contribution in [2.24, 2.45) is 0 Å². The molecule has 5 aromatic heterocycles. The normalized spacial score (nSPS) is 17.7. The average molecular weight is 2230 g/mol. The first-order chi connectivity index (χ1) is 70.3. The molecule has 8 aromatic carbocycles. The Labute approximate surface area is 892 Å². The summed E-state index contributed by atoms with van der Waals surface area (Å²) in [7, 11) is -15.3. The van der Waals surface area contributed by atoms with Crippen molar-refractivity contribution in [3.05, 3.63) is 261 Å². The molecule has 0 saturated carbocycles. The average Bonchev–Trinajstić information content (AvgIpc) is 1.42.